The van der Waals surface area contributed by atoms with Crippen molar-refractivity contribution in [1.29, 1.82) is 0 Å². The minimum Gasteiger partial charge on any atom is -0.341 e. The van der Waals surface area contributed by atoms with Crippen molar-refractivity contribution in [3.63, 3.8) is 0 Å². The van der Waals surface area contributed by atoms with Gasteiger partial charge in [-0.3, -0.25) is 4.79 Å². The Morgan fingerprint density at radius 1 is 1.38 bits per heavy atom. The van der Waals surface area contributed by atoms with Crippen LogP contribution >= 0.6 is 0 Å². The summed E-state index contributed by atoms with van der Waals surface area (Å²) in [6.07, 6.45) is 4.22. The molecular formula is C17H25FN2O. The predicted octanol–water partition coefficient (Wildman–Crippen LogP) is 2.61. The molecule has 1 aliphatic carbocycles. The second kappa shape index (κ2) is 8.13. The third-order valence-corrected chi connectivity index (χ3v) is 3.81. The fourth-order valence-electron chi connectivity index (χ4n) is 2.40. The molecule has 0 aliphatic heterocycles. The van der Waals surface area contributed by atoms with E-state index in [-0.39, 0.29) is 11.7 Å². The first-order valence-electron chi connectivity index (χ1n) is 7.92. The third-order valence-electron chi connectivity index (χ3n) is 3.81. The van der Waals surface area contributed by atoms with E-state index in [0.29, 0.717) is 19.5 Å². The van der Waals surface area contributed by atoms with E-state index in [1.807, 2.05) is 11.0 Å². The van der Waals surface area contributed by atoms with Crippen LogP contribution in [0.15, 0.2) is 24.3 Å². The maximum absolute atomic E-state index is 13.2. The lowest BCUT2D eigenvalue weighted by Crippen LogP contribution is -2.40. The third kappa shape index (κ3) is 5.84. The van der Waals surface area contributed by atoms with Crippen LogP contribution in [0.2, 0.25) is 0 Å². The Hall–Kier alpha value is -1.42. The average Bonchev–Trinajstić information content (AvgIpc) is 3.27. The van der Waals surface area contributed by atoms with E-state index in [1.54, 1.807) is 12.1 Å². The number of amides is 1. The molecule has 0 saturated heterocycles. The molecule has 1 amide bonds. The standard InChI is InChI=1S/C17H25FN2O/c1-2-9-20(17(21)13-19-12-15-6-7-15)10-8-14-4-3-5-16(18)11-14/h3-5,11,15,19H,2,6-10,12-13H2,1H3. The van der Waals surface area contributed by atoms with Gasteiger partial charge in [0.1, 0.15) is 5.82 Å². The molecule has 3 nitrogen and oxygen atoms in total. The average molecular weight is 292 g/mol. The molecule has 1 fully saturated rings. The zero-order chi connectivity index (χ0) is 15.1. The first-order chi connectivity index (χ1) is 10.2. The fraction of sp³-hybridized carbons (Fsp3) is 0.588. The second-order valence-electron chi connectivity index (χ2n) is 5.83. The van der Waals surface area contributed by atoms with Crippen molar-refractivity contribution in [3.05, 3.63) is 35.6 Å². The summed E-state index contributed by atoms with van der Waals surface area (Å²) in [7, 11) is 0. The quantitative estimate of drug-likeness (QED) is 0.759. The zero-order valence-corrected chi connectivity index (χ0v) is 12.8. The first-order valence-corrected chi connectivity index (χ1v) is 7.92. The Balaban J connectivity index is 1.77. The van der Waals surface area contributed by atoms with Crippen LogP contribution in [-0.4, -0.2) is 37.0 Å². The van der Waals surface area contributed by atoms with Crippen molar-refractivity contribution in [3.8, 4) is 0 Å². The molecule has 21 heavy (non-hydrogen) atoms. The largest absolute Gasteiger partial charge is 0.341 e. The number of rotatable bonds is 9. The molecule has 116 valence electrons. The van der Waals surface area contributed by atoms with Crippen LogP contribution in [0.25, 0.3) is 0 Å². The molecule has 1 N–H and O–H groups in total. The summed E-state index contributed by atoms with van der Waals surface area (Å²) in [6.45, 7) is 4.86. The molecule has 0 unspecified atom stereocenters. The highest BCUT2D eigenvalue weighted by atomic mass is 19.1. The van der Waals surface area contributed by atoms with E-state index >= 15 is 0 Å². The van der Waals surface area contributed by atoms with Crippen LogP contribution in [0.3, 0.4) is 0 Å². The topological polar surface area (TPSA) is 32.3 Å². The monoisotopic (exact) mass is 292 g/mol. The van der Waals surface area contributed by atoms with Crippen LogP contribution in [0, 0.1) is 11.7 Å². The number of hydrogen-bond donors (Lipinski definition) is 1. The highest BCUT2D eigenvalue weighted by Crippen LogP contribution is 2.27. The van der Waals surface area contributed by atoms with Gasteiger partial charge in [0.15, 0.2) is 0 Å². The van der Waals surface area contributed by atoms with Gasteiger partial charge in [-0.15, -0.1) is 0 Å². The highest BCUT2D eigenvalue weighted by Gasteiger charge is 2.21. The molecule has 1 aromatic carbocycles. The molecule has 0 aromatic heterocycles. The summed E-state index contributed by atoms with van der Waals surface area (Å²) >= 11 is 0. The molecular weight excluding hydrogens is 267 g/mol. The van der Waals surface area contributed by atoms with Gasteiger partial charge in [0, 0.05) is 13.1 Å². The number of nitrogens with zero attached hydrogens (tertiary/aromatic N) is 1. The molecule has 0 atom stereocenters. The van der Waals surface area contributed by atoms with Crippen LogP contribution in [0.1, 0.15) is 31.7 Å². The fourth-order valence-corrected chi connectivity index (χ4v) is 2.40. The smallest absolute Gasteiger partial charge is 0.236 e. The van der Waals surface area contributed by atoms with Gasteiger partial charge < -0.3 is 10.2 Å². The first kappa shape index (κ1) is 16.0. The summed E-state index contributed by atoms with van der Waals surface area (Å²) in [5.41, 5.74) is 0.940. The molecule has 1 aromatic rings. The number of nitrogens with one attached hydrogen (secondary N) is 1. The lowest BCUT2D eigenvalue weighted by molar-refractivity contribution is -0.130. The lowest BCUT2D eigenvalue weighted by Gasteiger charge is -2.22. The van der Waals surface area contributed by atoms with E-state index < -0.39 is 0 Å². The molecule has 0 heterocycles. The van der Waals surface area contributed by atoms with Crippen molar-refractivity contribution in [1.82, 2.24) is 10.2 Å². The summed E-state index contributed by atoms with van der Waals surface area (Å²) in [6, 6.07) is 6.61. The Kier molecular flexibility index (Phi) is 6.18. The van der Waals surface area contributed by atoms with Gasteiger partial charge in [-0.25, -0.2) is 4.39 Å². The zero-order valence-electron chi connectivity index (χ0n) is 12.8. The van der Waals surface area contributed by atoms with E-state index in [0.717, 1.165) is 31.0 Å². The summed E-state index contributed by atoms with van der Waals surface area (Å²) < 4.78 is 13.2. The maximum Gasteiger partial charge on any atom is 0.236 e. The number of hydrogen-bond acceptors (Lipinski definition) is 2. The Morgan fingerprint density at radius 2 is 2.19 bits per heavy atom. The van der Waals surface area contributed by atoms with Crippen molar-refractivity contribution < 1.29 is 9.18 Å². The minimum atomic E-state index is -0.216. The van der Waals surface area contributed by atoms with Crippen LogP contribution < -0.4 is 5.32 Å². The molecule has 2 rings (SSSR count). The summed E-state index contributed by atoms with van der Waals surface area (Å²) in [5.74, 6) is 0.714. The molecule has 1 aliphatic rings. The van der Waals surface area contributed by atoms with E-state index in [1.165, 1.54) is 18.9 Å². The molecule has 1 saturated carbocycles. The Morgan fingerprint density at radius 3 is 2.86 bits per heavy atom. The van der Waals surface area contributed by atoms with E-state index in [4.69, 9.17) is 0 Å². The Labute approximate surface area is 126 Å². The van der Waals surface area contributed by atoms with Gasteiger partial charge in [-0.2, -0.15) is 0 Å². The number of carbonyl (C=O) groups is 1. The normalized spacial score (nSPS) is 14.2. The van der Waals surface area contributed by atoms with Crippen molar-refractivity contribution in [2.24, 2.45) is 5.92 Å². The van der Waals surface area contributed by atoms with Crippen molar-refractivity contribution >= 4 is 5.91 Å². The molecule has 0 spiro atoms. The van der Waals surface area contributed by atoms with Crippen LogP contribution in [-0.2, 0) is 11.2 Å². The summed E-state index contributed by atoms with van der Waals surface area (Å²) in [4.78, 5) is 14.1. The van der Waals surface area contributed by atoms with Crippen LogP contribution in [0.5, 0.6) is 0 Å². The number of carbonyl (C=O) groups excluding carboxylic acids is 1. The van der Waals surface area contributed by atoms with Crippen LogP contribution in [0.4, 0.5) is 4.39 Å². The Bertz CT molecular complexity index is 460. The molecule has 0 bridgehead atoms. The van der Waals surface area contributed by atoms with Gasteiger partial charge in [0.2, 0.25) is 5.91 Å². The second-order valence-corrected chi connectivity index (χ2v) is 5.83. The predicted molar refractivity (Wildman–Crippen MR) is 82.6 cm³/mol. The number of halogens is 1. The van der Waals surface area contributed by atoms with Gasteiger partial charge in [-0.1, -0.05) is 19.1 Å². The van der Waals surface area contributed by atoms with E-state index in [9.17, 15) is 9.18 Å². The summed E-state index contributed by atoms with van der Waals surface area (Å²) in [5, 5.41) is 3.24. The van der Waals surface area contributed by atoms with Crippen molar-refractivity contribution in [2.75, 3.05) is 26.2 Å². The lowest BCUT2D eigenvalue weighted by atomic mass is 10.1. The molecule has 4 heteroatoms. The minimum absolute atomic E-state index is 0.147. The molecule has 0 radical (unpaired) electrons. The highest BCUT2D eigenvalue weighted by molar-refractivity contribution is 5.78. The SMILES string of the molecule is CCCN(CCc1cccc(F)c1)C(=O)CNCC1CC1. The van der Waals surface area contributed by atoms with Gasteiger partial charge in [0.25, 0.3) is 0 Å². The van der Waals surface area contributed by atoms with E-state index in [2.05, 4.69) is 12.2 Å². The number of benzene rings is 1. The van der Waals surface area contributed by atoms with Gasteiger partial charge in [-0.05, 0) is 55.8 Å². The van der Waals surface area contributed by atoms with Gasteiger partial charge >= 0.3 is 0 Å². The maximum atomic E-state index is 13.2. The van der Waals surface area contributed by atoms with Crippen molar-refractivity contribution in [2.45, 2.75) is 32.6 Å². The van der Waals surface area contributed by atoms with Gasteiger partial charge in [0.05, 0.1) is 6.54 Å².